The second-order valence-corrected chi connectivity index (χ2v) is 6.53. The fourth-order valence-electron chi connectivity index (χ4n) is 3.07. The highest BCUT2D eigenvalue weighted by Crippen LogP contribution is 2.32. The van der Waals surface area contributed by atoms with Crippen molar-refractivity contribution in [2.24, 2.45) is 0 Å². The molecule has 0 aliphatic rings. The van der Waals surface area contributed by atoms with Crippen LogP contribution < -0.4 is 0 Å². The Morgan fingerprint density at radius 3 is 2.31 bits per heavy atom. The first kappa shape index (κ1) is 17.8. The largest absolute Gasteiger partial charge is 0.478 e. The third-order valence-electron chi connectivity index (χ3n) is 4.65. The molecule has 0 atom stereocenters. The van der Waals surface area contributed by atoms with Gasteiger partial charge in [0.1, 0.15) is 5.82 Å². The number of rotatable bonds is 3. The smallest absolute Gasteiger partial charge is 0.335 e. The molecule has 3 aromatic rings. The van der Waals surface area contributed by atoms with Gasteiger partial charge < -0.3 is 9.63 Å². The second-order valence-electron chi connectivity index (χ2n) is 6.53. The van der Waals surface area contributed by atoms with Crippen molar-refractivity contribution >= 4 is 5.97 Å². The van der Waals surface area contributed by atoms with Gasteiger partial charge in [0.25, 0.3) is 5.89 Å². The zero-order valence-electron chi connectivity index (χ0n) is 15.3. The molecule has 0 unspecified atom stereocenters. The van der Waals surface area contributed by atoms with Gasteiger partial charge in [-0.05, 0) is 68.5 Å². The van der Waals surface area contributed by atoms with Crippen LogP contribution in [0.4, 0.5) is 4.39 Å². The number of carbonyl (C=O) groups is 1. The van der Waals surface area contributed by atoms with Crippen molar-refractivity contribution in [1.82, 2.24) is 10.1 Å². The number of carboxylic acids is 1. The number of carboxylic acid groups (broad SMARTS) is 1. The summed E-state index contributed by atoms with van der Waals surface area (Å²) >= 11 is 0. The molecule has 0 radical (unpaired) electrons. The molecule has 1 N–H and O–H groups in total. The van der Waals surface area contributed by atoms with E-state index in [0.29, 0.717) is 16.7 Å². The van der Waals surface area contributed by atoms with Crippen molar-refractivity contribution < 1.29 is 18.8 Å². The topological polar surface area (TPSA) is 76.2 Å². The number of aromatic carboxylic acids is 1. The SMILES string of the molecule is Cc1cc(C)c(-c2noc(-c3c(C)c(C)cc(C)c3F)n2)cc1C(=O)O. The van der Waals surface area contributed by atoms with Crippen LogP contribution in [0.25, 0.3) is 22.8 Å². The third-order valence-corrected chi connectivity index (χ3v) is 4.65. The molecule has 3 rings (SSSR count). The molecule has 0 amide bonds. The summed E-state index contributed by atoms with van der Waals surface area (Å²) in [5.74, 6) is -1.10. The van der Waals surface area contributed by atoms with Crippen LogP contribution in [0, 0.1) is 40.4 Å². The Morgan fingerprint density at radius 2 is 1.65 bits per heavy atom. The van der Waals surface area contributed by atoms with E-state index in [-0.39, 0.29) is 22.8 Å². The van der Waals surface area contributed by atoms with Gasteiger partial charge in [-0.15, -0.1) is 0 Å². The molecule has 1 heterocycles. The van der Waals surface area contributed by atoms with Crippen LogP contribution in [0.3, 0.4) is 0 Å². The number of nitrogens with zero attached hydrogens (tertiary/aromatic N) is 2. The van der Waals surface area contributed by atoms with Gasteiger partial charge >= 0.3 is 5.97 Å². The molecule has 0 spiro atoms. The minimum absolute atomic E-state index is 0.0821. The van der Waals surface area contributed by atoms with Crippen LogP contribution in [0.2, 0.25) is 0 Å². The summed E-state index contributed by atoms with van der Waals surface area (Å²) in [4.78, 5) is 15.7. The maximum atomic E-state index is 14.6. The van der Waals surface area contributed by atoms with Crippen LogP contribution >= 0.6 is 0 Å². The maximum absolute atomic E-state index is 14.6. The lowest BCUT2D eigenvalue weighted by atomic mass is 9.98. The molecule has 134 valence electrons. The zero-order valence-corrected chi connectivity index (χ0v) is 15.3. The van der Waals surface area contributed by atoms with Gasteiger partial charge in [-0.2, -0.15) is 4.98 Å². The fraction of sp³-hybridized carbons (Fsp3) is 0.250. The first-order valence-electron chi connectivity index (χ1n) is 8.16. The quantitative estimate of drug-likeness (QED) is 0.732. The molecular formula is C20H19FN2O3. The van der Waals surface area contributed by atoms with Gasteiger partial charge in [-0.3, -0.25) is 0 Å². The van der Waals surface area contributed by atoms with E-state index in [1.807, 2.05) is 13.8 Å². The van der Waals surface area contributed by atoms with Crippen LogP contribution in [-0.4, -0.2) is 21.2 Å². The van der Waals surface area contributed by atoms with Gasteiger partial charge in [0.15, 0.2) is 0 Å². The highest BCUT2D eigenvalue weighted by molar-refractivity contribution is 5.91. The predicted octanol–water partition coefficient (Wildman–Crippen LogP) is 4.78. The molecule has 0 fully saturated rings. The molecule has 0 saturated heterocycles. The highest BCUT2D eigenvalue weighted by atomic mass is 19.1. The summed E-state index contributed by atoms with van der Waals surface area (Å²) in [6, 6.07) is 5.05. The summed E-state index contributed by atoms with van der Waals surface area (Å²) in [6.07, 6.45) is 0. The summed E-state index contributed by atoms with van der Waals surface area (Å²) in [5.41, 5.74) is 4.63. The molecule has 5 nitrogen and oxygen atoms in total. The monoisotopic (exact) mass is 354 g/mol. The number of benzene rings is 2. The summed E-state index contributed by atoms with van der Waals surface area (Å²) in [6.45, 7) is 8.96. The fourth-order valence-corrected chi connectivity index (χ4v) is 3.07. The van der Waals surface area contributed by atoms with Crippen molar-refractivity contribution in [2.45, 2.75) is 34.6 Å². The number of aryl methyl sites for hydroxylation is 4. The standard InChI is InChI=1S/C20H19FN2O3/c1-9-6-12(4)17(21)16(13(9)5)19-22-18(23-26-19)14-8-15(20(24)25)11(3)7-10(14)2/h6-8H,1-5H3,(H,24,25). The molecule has 6 heteroatoms. The van der Waals surface area contributed by atoms with E-state index in [4.69, 9.17) is 4.52 Å². The Balaban J connectivity index is 2.16. The maximum Gasteiger partial charge on any atom is 0.335 e. The lowest BCUT2D eigenvalue weighted by Crippen LogP contribution is -2.01. The zero-order chi connectivity index (χ0) is 19.2. The number of aromatic nitrogens is 2. The van der Waals surface area contributed by atoms with Gasteiger partial charge in [0.2, 0.25) is 5.82 Å². The van der Waals surface area contributed by atoms with E-state index >= 15 is 0 Å². The van der Waals surface area contributed by atoms with E-state index in [9.17, 15) is 14.3 Å². The minimum Gasteiger partial charge on any atom is -0.478 e. The van der Waals surface area contributed by atoms with E-state index < -0.39 is 11.8 Å². The van der Waals surface area contributed by atoms with E-state index in [2.05, 4.69) is 10.1 Å². The first-order chi connectivity index (χ1) is 12.2. The van der Waals surface area contributed by atoms with Crippen molar-refractivity contribution in [1.29, 1.82) is 0 Å². The van der Waals surface area contributed by atoms with Gasteiger partial charge in [-0.1, -0.05) is 17.3 Å². The number of hydrogen-bond donors (Lipinski definition) is 1. The van der Waals surface area contributed by atoms with Crippen molar-refractivity contribution in [2.75, 3.05) is 0 Å². The Morgan fingerprint density at radius 1 is 1.00 bits per heavy atom. The molecule has 0 saturated carbocycles. The van der Waals surface area contributed by atoms with Crippen LogP contribution in [-0.2, 0) is 0 Å². The van der Waals surface area contributed by atoms with E-state index in [1.54, 1.807) is 32.9 Å². The van der Waals surface area contributed by atoms with Gasteiger partial charge in [-0.25, -0.2) is 9.18 Å². The average Bonchev–Trinajstić information content (AvgIpc) is 3.02. The molecule has 0 aliphatic carbocycles. The average molecular weight is 354 g/mol. The third kappa shape index (κ3) is 2.87. The van der Waals surface area contributed by atoms with E-state index in [1.165, 1.54) is 6.07 Å². The Labute approximate surface area is 150 Å². The first-order valence-corrected chi connectivity index (χ1v) is 8.16. The Hall–Kier alpha value is -3.02. The van der Waals surface area contributed by atoms with Crippen molar-refractivity contribution in [3.8, 4) is 22.8 Å². The lowest BCUT2D eigenvalue weighted by molar-refractivity contribution is 0.0696. The van der Waals surface area contributed by atoms with Crippen LogP contribution in [0.1, 0.15) is 38.2 Å². The molecular weight excluding hydrogens is 335 g/mol. The minimum atomic E-state index is -1.02. The molecule has 0 aliphatic heterocycles. The molecule has 26 heavy (non-hydrogen) atoms. The summed E-state index contributed by atoms with van der Waals surface area (Å²) in [5, 5.41) is 13.3. The van der Waals surface area contributed by atoms with Crippen LogP contribution in [0.5, 0.6) is 0 Å². The number of halogens is 1. The number of hydrogen-bond acceptors (Lipinski definition) is 4. The van der Waals surface area contributed by atoms with Crippen molar-refractivity contribution in [3.63, 3.8) is 0 Å². The normalized spacial score (nSPS) is 11.0. The molecule has 0 bridgehead atoms. The van der Waals surface area contributed by atoms with Crippen LogP contribution in [0.15, 0.2) is 22.7 Å². The second kappa shape index (κ2) is 6.37. The Kier molecular flexibility index (Phi) is 4.36. The highest BCUT2D eigenvalue weighted by Gasteiger charge is 2.21. The summed E-state index contributed by atoms with van der Waals surface area (Å²) < 4.78 is 20.0. The van der Waals surface area contributed by atoms with Crippen molar-refractivity contribution in [3.05, 3.63) is 57.4 Å². The van der Waals surface area contributed by atoms with Gasteiger partial charge in [0.05, 0.1) is 11.1 Å². The van der Waals surface area contributed by atoms with Gasteiger partial charge in [0, 0.05) is 5.56 Å². The summed E-state index contributed by atoms with van der Waals surface area (Å²) in [7, 11) is 0. The lowest BCUT2D eigenvalue weighted by Gasteiger charge is -2.09. The predicted molar refractivity (Wildman–Crippen MR) is 95.8 cm³/mol. The Bertz CT molecular complexity index is 1010. The molecule has 2 aromatic carbocycles. The molecule has 1 aromatic heterocycles. The van der Waals surface area contributed by atoms with E-state index in [0.717, 1.165) is 16.7 Å².